The number of carbonyl (C=O) groups is 1. The first-order valence-electron chi connectivity index (χ1n) is 8.95. The van der Waals surface area contributed by atoms with Crippen molar-refractivity contribution in [2.45, 2.75) is 45.6 Å². The number of aromatic hydroxyl groups is 1. The van der Waals surface area contributed by atoms with Crippen molar-refractivity contribution in [2.75, 3.05) is 13.7 Å². The van der Waals surface area contributed by atoms with Crippen LogP contribution in [0.1, 0.15) is 51.4 Å². The molecule has 8 heteroatoms. The van der Waals surface area contributed by atoms with Crippen LogP contribution >= 0.6 is 0 Å². The number of amides is 1. The molecule has 1 aromatic carbocycles. The number of nitrogens with zero attached hydrogens (tertiary/aromatic N) is 5. The number of methoxy groups -OCH3 is 1. The Morgan fingerprint density at radius 1 is 1.38 bits per heavy atom. The van der Waals surface area contributed by atoms with Gasteiger partial charge in [0.25, 0.3) is 0 Å². The van der Waals surface area contributed by atoms with Crippen LogP contribution in [-0.4, -0.2) is 49.8 Å². The maximum absolute atomic E-state index is 12.5. The molecular weight excluding hydrogens is 334 g/mol. The zero-order chi connectivity index (χ0) is 18.7. The molecule has 1 N–H and O–H groups in total. The Kier molecular flexibility index (Phi) is 5.39. The topological polar surface area (TPSA) is 93.4 Å². The Labute approximate surface area is 152 Å². The van der Waals surface area contributed by atoms with Crippen LogP contribution in [0.5, 0.6) is 11.5 Å². The van der Waals surface area contributed by atoms with E-state index in [1.807, 2.05) is 4.90 Å². The minimum Gasteiger partial charge on any atom is -0.508 e. The SMILES string of the molecule is COc1cc(O)cc(-n2nnc(C3CCCN3C(=O)CCC(C)C)n2)c1. The normalized spacial score (nSPS) is 17.1. The van der Waals surface area contributed by atoms with E-state index in [-0.39, 0.29) is 17.7 Å². The van der Waals surface area contributed by atoms with Gasteiger partial charge in [-0.1, -0.05) is 13.8 Å². The molecule has 1 fully saturated rings. The van der Waals surface area contributed by atoms with Gasteiger partial charge in [0.05, 0.1) is 18.8 Å². The standard InChI is InChI=1S/C18H25N5O3/c1-12(2)6-7-17(25)22-8-4-5-16(22)18-19-21-23(20-18)13-9-14(24)11-15(10-13)26-3/h9-12,16,24H,4-8H2,1-3H3. The van der Waals surface area contributed by atoms with Crippen molar-refractivity contribution in [1.29, 1.82) is 0 Å². The predicted octanol–water partition coefficient (Wildman–Crippen LogP) is 2.48. The van der Waals surface area contributed by atoms with Gasteiger partial charge in [0.2, 0.25) is 5.91 Å². The Balaban J connectivity index is 1.78. The summed E-state index contributed by atoms with van der Waals surface area (Å²) in [6, 6.07) is 4.62. The number of phenols is 1. The van der Waals surface area contributed by atoms with Crippen molar-refractivity contribution >= 4 is 5.91 Å². The highest BCUT2D eigenvalue weighted by molar-refractivity contribution is 5.76. The molecule has 1 amide bonds. The summed E-state index contributed by atoms with van der Waals surface area (Å²) in [5, 5.41) is 22.5. The van der Waals surface area contributed by atoms with E-state index < -0.39 is 0 Å². The van der Waals surface area contributed by atoms with Gasteiger partial charge in [0, 0.05) is 31.2 Å². The summed E-state index contributed by atoms with van der Waals surface area (Å²) < 4.78 is 5.16. The summed E-state index contributed by atoms with van der Waals surface area (Å²) in [6.45, 7) is 4.97. The zero-order valence-corrected chi connectivity index (χ0v) is 15.4. The summed E-state index contributed by atoms with van der Waals surface area (Å²) in [7, 11) is 1.53. The first-order chi connectivity index (χ1) is 12.5. The number of tetrazole rings is 1. The van der Waals surface area contributed by atoms with E-state index in [9.17, 15) is 9.90 Å². The lowest BCUT2D eigenvalue weighted by atomic mass is 10.1. The van der Waals surface area contributed by atoms with Gasteiger partial charge in [-0.2, -0.15) is 0 Å². The van der Waals surface area contributed by atoms with Gasteiger partial charge < -0.3 is 14.7 Å². The van der Waals surface area contributed by atoms with Crippen LogP contribution in [0.4, 0.5) is 0 Å². The molecule has 1 atom stereocenters. The summed E-state index contributed by atoms with van der Waals surface area (Å²) >= 11 is 0. The summed E-state index contributed by atoms with van der Waals surface area (Å²) in [5.41, 5.74) is 0.552. The number of ether oxygens (including phenoxy) is 1. The van der Waals surface area contributed by atoms with Crippen molar-refractivity contribution < 1.29 is 14.6 Å². The van der Waals surface area contributed by atoms with E-state index in [4.69, 9.17) is 4.74 Å². The molecule has 2 heterocycles. The highest BCUT2D eigenvalue weighted by Gasteiger charge is 2.33. The first kappa shape index (κ1) is 18.2. The summed E-state index contributed by atoms with van der Waals surface area (Å²) in [6.07, 6.45) is 3.20. The molecular formula is C18H25N5O3. The van der Waals surface area contributed by atoms with E-state index in [0.29, 0.717) is 29.6 Å². The van der Waals surface area contributed by atoms with Crippen LogP contribution in [0.25, 0.3) is 5.69 Å². The van der Waals surface area contributed by atoms with Gasteiger partial charge in [-0.15, -0.1) is 15.0 Å². The Morgan fingerprint density at radius 2 is 2.19 bits per heavy atom. The highest BCUT2D eigenvalue weighted by atomic mass is 16.5. The maximum atomic E-state index is 12.5. The Morgan fingerprint density at radius 3 is 2.92 bits per heavy atom. The molecule has 1 saturated heterocycles. The van der Waals surface area contributed by atoms with Crippen LogP contribution < -0.4 is 4.74 Å². The highest BCUT2D eigenvalue weighted by Crippen LogP contribution is 2.31. The fourth-order valence-corrected chi connectivity index (χ4v) is 3.16. The van der Waals surface area contributed by atoms with Gasteiger partial charge >= 0.3 is 0 Å². The second-order valence-corrected chi connectivity index (χ2v) is 7.00. The lowest BCUT2D eigenvalue weighted by Crippen LogP contribution is -2.31. The zero-order valence-electron chi connectivity index (χ0n) is 15.4. The first-order valence-corrected chi connectivity index (χ1v) is 8.95. The average molecular weight is 359 g/mol. The minimum absolute atomic E-state index is 0.0598. The van der Waals surface area contributed by atoms with Crippen molar-refractivity contribution in [2.24, 2.45) is 5.92 Å². The van der Waals surface area contributed by atoms with E-state index in [1.165, 1.54) is 24.0 Å². The fourth-order valence-electron chi connectivity index (χ4n) is 3.16. The molecule has 140 valence electrons. The number of rotatable bonds is 6. The van der Waals surface area contributed by atoms with E-state index in [1.54, 1.807) is 6.07 Å². The number of phenolic OH excluding ortho intramolecular Hbond substituents is 1. The van der Waals surface area contributed by atoms with E-state index in [0.717, 1.165) is 25.8 Å². The number of carbonyl (C=O) groups excluding carboxylic acids is 1. The molecule has 8 nitrogen and oxygen atoms in total. The summed E-state index contributed by atoms with van der Waals surface area (Å²) in [5.74, 6) is 1.74. The second-order valence-electron chi connectivity index (χ2n) is 7.00. The van der Waals surface area contributed by atoms with Gasteiger partial charge in [-0.3, -0.25) is 4.79 Å². The van der Waals surface area contributed by atoms with Crippen LogP contribution in [0.3, 0.4) is 0 Å². The molecule has 0 radical (unpaired) electrons. The monoisotopic (exact) mass is 359 g/mol. The third-order valence-corrected chi connectivity index (χ3v) is 4.58. The van der Waals surface area contributed by atoms with Gasteiger partial charge in [-0.25, -0.2) is 0 Å². The Bertz CT molecular complexity index is 774. The number of likely N-dealkylation sites (tertiary alicyclic amines) is 1. The predicted molar refractivity (Wildman–Crippen MR) is 95.1 cm³/mol. The van der Waals surface area contributed by atoms with Crippen LogP contribution in [0.15, 0.2) is 18.2 Å². The lowest BCUT2D eigenvalue weighted by Gasteiger charge is -2.22. The lowest BCUT2D eigenvalue weighted by molar-refractivity contribution is -0.132. The van der Waals surface area contributed by atoms with E-state index in [2.05, 4.69) is 29.3 Å². The number of hydrogen-bond acceptors (Lipinski definition) is 6. The molecule has 1 unspecified atom stereocenters. The van der Waals surface area contributed by atoms with Crippen LogP contribution in [0, 0.1) is 5.92 Å². The largest absolute Gasteiger partial charge is 0.508 e. The summed E-state index contributed by atoms with van der Waals surface area (Å²) in [4.78, 5) is 15.8. The molecule has 1 aliphatic rings. The van der Waals surface area contributed by atoms with Crippen molar-refractivity contribution in [3.63, 3.8) is 0 Å². The molecule has 0 spiro atoms. The third kappa shape index (κ3) is 3.95. The van der Waals surface area contributed by atoms with Gasteiger partial charge in [0.15, 0.2) is 5.82 Å². The molecule has 0 bridgehead atoms. The molecule has 2 aromatic rings. The molecule has 0 aliphatic carbocycles. The fraction of sp³-hybridized carbons (Fsp3) is 0.556. The van der Waals surface area contributed by atoms with Crippen LogP contribution in [-0.2, 0) is 4.79 Å². The molecule has 0 saturated carbocycles. The third-order valence-electron chi connectivity index (χ3n) is 4.58. The van der Waals surface area contributed by atoms with Crippen molar-refractivity contribution in [3.05, 3.63) is 24.0 Å². The van der Waals surface area contributed by atoms with Gasteiger partial charge in [0.1, 0.15) is 11.5 Å². The molecule has 3 rings (SSSR count). The number of aromatic nitrogens is 4. The van der Waals surface area contributed by atoms with E-state index >= 15 is 0 Å². The Hall–Kier alpha value is -2.64. The maximum Gasteiger partial charge on any atom is 0.223 e. The molecule has 26 heavy (non-hydrogen) atoms. The second kappa shape index (κ2) is 7.72. The van der Waals surface area contributed by atoms with Gasteiger partial charge in [-0.05, 0) is 30.4 Å². The number of hydrogen-bond donors (Lipinski definition) is 1. The smallest absolute Gasteiger partial charge is 0.223 e. The number of benzene rings is 1. The molecule has 1 aromatic heterocycles. The van der Waals surface area contributed by atoms with Crippen molar-refractivity contribution in [1.82, 2.24) is 25.1 Å². The van der Waals surface area contributed by atoms with Crippen molar-refractivity contribution in [3.8, 4) is 17.2 Å². The minimum atomic E-state index is -0.136. The quantitative estimate of drug-likeness (QED) is 0.852. The molecule has 1 aliphatic heterocycles. The average Bonchev–Trinajstić information content (AvgIpc) is 3.27. The van der Waals surface area contributed by atoms with Crippen LogP contribution in [0.2, 0.25) is 0 Å².